The van der Waals surface area contributed by atoms with Crippen molar-refractivity contribution in [1.82, 2.24) is 9.88 Å². The van der Waals surface area contributed by atoms with Crippen LogP contribution < -0.4 is 0 Å². The molecule has 1 aromatic carbocycles. The van der Waals surface area contributed by atoms with Crippen molar-refractivity contribution >= 4 is 10.9 Å². The van der Waals surface area contributed by atoms with Gasteiger partial charge in [-0.2, -0.15) is 0 Å². The predicted octanol–water partition coefficient (Wildman–Crippen LogP) is 3.71. The SMILES string of the molecule is CCN1CCCCC1c1cc2ccccc2[nH]1. The summed E-state index contributed by atoms with van der Waals surface area (Å²) in [6.45, 7) is 4.66. The first-order valence-electron chi connectivity index (χ1n) is 6.70. The first kappa shape index (κ1) is 10.8. The number of piperidine rings is 1. The van der Waals surface area contributed by atoms with Gasteiger partial charge < -0.3 is 4.98 Å². The molecule has 1 aromatic heterocycles. The van der Waals surface area contributed by atoms with E-state index >= 15 is 0 Å². The molecule has 1 unspecified atom stereocenters. The molecule has 1 aliphatic rings. The lowest BCUT2D eigenvalue weighted by Gasteiger charge is -2.34. The monoisotopic (exact) mass is 228 g/mol. The van der Waals surface area contributed by atoms with Crippen molar-refractivity contribution in [2.75, 3.05) is 13.1 Å². The Hall–Kier alpha value is -1.28. The quantitative estimate of drug-likeness (QED) is 0.830. The van der Waals surface area contributed by atoms with Crippen LogP contribution in [0.15, 0.2) is 30.3 Å². The lowest BCUT2D eigenvalue weighted by atomic mass is 9.99. The van der Waals surface area contributed by atoms with Crippen LogP contribution >= 0.6 is 0 Å². The second kappa shape index (κ2) is 4.53. The minimum absolute atomic E-state index is 0.598. The number of likely N-dealkylation sites (tertiary alicyclic amines) is 1. The lowest BCUT2D eigenvalue weighted by Crippen LogP contribution is -2.33. The number of fused-ring (bicyclic) bond motifs is 1. The minimum atomic E-state index is 0.598. The molecule has 90 valence electrons. The molecular formula is C15H20N2. The van der Waals surface area contributed by atoms with Crippen LogP contribution in [-0.4, -0.2) is 23.0 Å². The van der Waals surface area contributed by atoms with E-state index in [1.165, 1.54) is 42.4 Å². The Morgan fingerprint density at radius 2 is 2.18 bits per heavy atom. The number of benzene rings is 1. The van der Waals surface area contributed by atoms with E-state index in [9.17, 15) is 0 Å². The molecule has 2 aromatic rings. The van der Waals surface area contributed by atoms with Crippen LogP contribution in [0.2, 0.25) is 0 Å². The number of aromatic nitrogens is 1. The Balaban J connectivity index is 1.96. The average Bonchev–Trinajstić information content (AvgIpc) is 2.82. The Morgan fingerprint density at radius 3 is 3.00 bits per heavy atom. The summed E-state index contributed by atoms with van der Waals surface area (Å²) in [7, 11) is 0. The summed E-state index contributed by atoms with van der Waals surface area (Å²) in [4.78, 5) is 6.18. The molecule has 1 aliphatic heterocycles. The van der Waals surface area contributed by atoms with E-state index in [1.807, 2.05) is 0 Å². The predicted molar refractivity (Wildman–Crippen MR) is 72.1 cm³/mol. The zero-order valence-corrected chi connectivity index (χ0v) is 10.4. The molecule has 2 nitrogen and oxygen atoms in total. The van der Waals surface area contributed by atoms with Gasteiger partial charge in [-0.1, -0.05) is 31.5 Å². The van der Waals surface area contributed by atoms with Crippen LogP contribution in [0.1, 0.15) is 37.9 Å². The van der Waals surface area contributed by atoms with E-state index in [4.69, 9.17) is 0 Å². The summed E-state index contributed by atoms with van der Waals surface area (Å²) in [6.07, 6.45) is 4.00. The average molecular weight is 228 g/mol. The number of nitrogens with one attached hydrogen (secondary N) is 1. The van der Waals surface area contributed by atoms with Gasteiger partial charge in [0, 0.05) is 17.3 Å². The standard InChI is InChI=1S/C15H20N2/c1-2-17-10-6-5-9-15(17)14-11-12-7-3-4-8-13(12)16-14/h3-4,7-8,11,15-16H,2,5-6,9-10H2,1H3. The lowest BCUT2D eigenvalue weighted by molar-refractivity contribution is 0.154. The van der Waals surface area contributed by atoms with Gasteiger partial charge in [0.05, 0.1) is 0 Å². The fourth-order valence-electron chi connectivity index (χ4n) is 3.00. The second-order valence-corrected chi connectivity index (χ2v) is 4.95. The highest BCUT2D eigenvalue weighted by atomic mass is 15.2. The number of rotatable bonds is 2. The molecule has 0 radical (unpaired) electrons. The van der Waals surface area contributed by atoms with E-state index in [2.05, 4.69) is 47.1 Å². The van der Waals surface area contributed by atoms with Crippen molar-refractivity contribution < 1.29 is 0 Å². The van der Waals surface area contributed by atoms with E-state index in [-0.39, 0.29) is 0 Å². The molecule has 2 heterocycles. The first-order chi connectivity index (χ1) is 8.38. The van der Waals surface area contributed by atoms with E-state index in [0.29, 0.717) is 6.04 Å². The van der Waals surface area contributed by atoms with Crippen molar-refractivity contribution in [2.24, 2.45) is 0 Å². The minimum Gasteiger partial charge on any atom is -0.357 e. The van der Waals surface area contributed by atoms with Crippen molar-refractivity contribution in [3.05, 3.63) is 36.0 Å². The molecule has 1 atom stereocenters. The summed E-state index contributed by atoms with van der Waals surface area (Å²) in [5.41, 5.74) is 2.66. The number of para-hydroxylation sites is 1. The van der Waals surface area contributed by atoms with Crippen LogP contribution in [0.3, 0.4) is 0 Å². The summed E-state index contributed by atoms with van der Waals surface area (Å²) in [5.74, 6) is 0. The van der Waals surface area contributed by atoms with Gasteiger partial charge in [-0.3, -0.25) is 4.90 Å². The fourth-order valence-corrected chi connectivity index (χ4v) is 3.00. The fraction of sp³-hybridized carbons (Fsp3) is 0.467. The maximum absolute atomic E-state index is 3.59. The van der Waals surface area contributed by atoms with Crippen molar-refractivity contribution in [2.45, 2.75) is 32.2 Å². The molecule has 0 saturated carbocycles. The Bertz CT molecular complexity index is 467. The number of H-pyrrole nitrogens is 1. The maximum Gasteiger partial charge on any atom is 0.0498 e. The third kappa shape index (κ3) is 1.98. The van der Waals surface area contributed by atoms with Gasteiger partial charge in [0.2, 0.25) is 0 Å². The van der Waals surface area contributed by atoms with Gasteiger partial charge in [0.25, 0.3) is 0 Å². The molecule has 17 heavy (non-hydrogen) atoms. The maximum atomic E-state index is 3.59. The molecule has 0 spiro atoms. The molecule has 0 amide bonds. The smallest absolute Gasteiger partial charge is 0.0498 e. The third-order valence-corrected chi connectivity index (χ3v) is 3.93. The second-order valence-electron chi connectivity index (χ2n) is 4.95. The molecule has 1 saturated heterocycles. The van der Waals surface area contributed by atoms with Gasteiger partial charge in [-0.25, -0.2) is 0 Å². The van der Waals surface area contributed by atoms with Crippen LogP contribution in [0.5, 0.6) is 0 Å². The van der Waals surface area contributed by atoms with Crippen molar-refractivity contribution in [3.8, 4) is 0 Å². The Labute approximate surface area is 103 Å². The molecule has 3 rings (SSSR count). The topological polar surface area (TPSA) is 19.0 Å². The highest BCUT2D eigenvalue weighted by Crippen LogP contribution is 2.31. The summed E-state index contributed by atoms with van der Waals surface area (Å²) in [5, 5.41) is 1.34. The molecule has 2 heteroatoms. The summed E-state index contributed by atoms with van der Waals surface area (Å²) >= 11 is 0. The number of hydrogen-bond acceptors (Lipinski definition) is 1. The van der Waals surface area contributed by atoms with E-state index < -0.39 is 0 Å². The van der Waals surface area contributed by atoms with Crippen LogP contribution in [0.25, 0.3) is 10.9 Å². The van der Waals surface area contributed by atoms with Gasteiger partial charge in [-0.05, 0) is 43.5 Å². The molecular weight excluding hydrogens is 208 g/mol. The van der Waals surface area contributed by atoms with Gasteiger partial charge in [0.1, 0.15) is 0 Å². The largest absolute Gasteiger partial charge is 0.357 e. The van der Waals surface area contributed by atoms with Crippen LogP contribution in [0, 0.1) is 0 Å². The zero-order valence-electron chi connectivity index (χ0n) is 10.4. The van der Waals surface area contributed by atoms with Crippen LogP contribution in [-0.2, 0) is 0 Å². The van der Waals surface area contributed by atoms with Crippen LogP contribution in [0.4, 0.5) is 0 Å². The highest BCUT2D eigenvalue weighted by molar-refractivity contribution is 5.80. The zero-order chi connectivity index (χ0) is 11.7. The van der Waals surface area contributed by atoms with E-state index in [1.54, 1.807) is 0 Å². The molecule has 1 fully saturated rings. The first-order valence-corrected chi connectivity index (χ1v) is 6.70. The summed E-state index contributed by atoms with van der Waals surface area (Å²) < 4.78 is 0. The van der Waals surface area contributed by atoms with Gasteiger partial charge >= 0.3 is 0 Å². The van der Waals surface area contributed by atoms with Crippen molar-refractivity contribution in [1.29, 1.82) is 0 Å². The number of aromatic amines is 1. The van der Waals surface area contributed by atoms with Gasteiger partial charge in [-0.15, -0.1) is 0 Å². The summed E-state index contributed by atoms with van der Waals surface area (Å²) in [6, 6.07) is 11.5. The molecule has 0 aliphatic carbocycles. The normalized spacial score (nSPS) is 22.1. The third-order valence-electron chi connectivity index (χ3n) is 3.93. The number of hydrogen-bond donors (Lipinski definition) is 1. The van der Waals surface area contributed by atoms with Crippen molar-refractivity contribution in [3.63, 3.8) is 0 Å². The highest BCUT2D eigenvalue weighted by Gasteiger charge is 2.23. The molecule has 0 bridgehead atoms. The van der Waals surface area contributed by atoms with E-state index in [0.717, 1.165) is 6.54 Å². The number of nitrogens with zero attached hydrogens (tertiary/aromatic N) is 1. The molecule has 1 N–H and O–H groups in total. The van der Waals surface area contributed by atoms with Gasteiger partial charge in [0.15, 0.2) is 0 Å². The Kier molecular flexibility index (Phi) is 2.89. The Morgan fingerprint density at radius 1 is 1.29 bits per heavy atom.